The predicted molar refractivity (Wildman–Crippen MR) is 110 cm³/mol. The summed E-state index contributed by atoms with van der Waals surface area (Å²) in [5, 5.41) is 3.28. The monoisotopic (exact) mass is 406 g/mol. The van der Waals surface area contributed by atoms with Crippen LogP contribution >= 0.6 is 11.8 Å². The van der Waals surface area contributed by atoms with Crippen molar-refractivity contribution >= 4 is 23.5 Å². The van der Waals surface area contributed by atoms with Crippen LogP contribution in [0.15, 0.2) is 35.0 Å². The van der Waals surface area contributed by atoms with Gasteiger partial charge in [-0.25, -0.2) is 4.99 Å². The zero-order valence-electron chi connectivity index (χ0n) is 16.4. The highest BCUT2D eigenvalue weighted by Crippen LogP contribution is 2.35. The lowest BCUT2D eigenvalue weighted by Gasteiger charge is -2.38. The number of nitrogens with one attached hydrogen (secondary N) is 1. The second-order valence-corrected chi connectivity index (χ2v) is 7.53. The van der Waals surface area contributed by atoms with E-state index >= 15 is 0 Å². The van der Waals surface area contributed by atoms with E-state index in [1.54, 1.807) is 32.2 Å². The van der Waals surface area contributed by atoms with E-state index in [9.17, 15) is 4.79 Å². The number of aliphatic imine (C=N–C) groups is 1. The van der Waals surface area contributed by atoms with Gasteiger partial charge in [-0.3, -0.25) is 4.79 Å². The smallest absolute Gasteiger partial charge is 0.253 e. The molecule has 0 spiro atoms. The molecule has 1 amide bonds. The summed E-state index contributed by atoms with van der Waals surface area (Å²) in [5.74, 6) is 1.55. The van der Waals surface area contributed by atoms with Gasteiger partial charge in [-0.15, -0.1) is 11.8 Å². The Hall–Kier alpha value is -2.39. The number of morpholine rings is 1. The summed E-state index contributed by atoms with van der Waals surface area (Å²) in [6.07, 6.45) is 4.21. The van der Waals surface area contributed by atoms with Gasteiger partial charge in [-0.05, 0) is 17.9 Å². The molecule has 0 saturated carbocycles. The molecule has 1 aromatic rings. The molecule has 2 aliphatic rings. The Morgan fingerprint density at radius 3 is 2.71 bits per heavy atom. The number of primary amides is 1. The number of carbonyl (C=O) groups is 1. The van der Waals surface area contributed by atoms with Crippen LogP contribution in [0, 0.1) is 0 Å². The molecule has 9 heteroatoms. The van der Waals surface area contributed by atoms with Crippen LogP contribution in [0.4, 0.5) is 0 Å². The summed E-state index contributed by atoms with van der Waals surface area (Å²) in [6, 6.07) is 5.71. The fraction of sp³-hybridized carbons (Fsp3) is 0.474. The van der Waals surface area contributed by atoms with E-state index in [2.05, 4.69) is 10.2 Å². The second kappa shape index (κ2) is 8.74. The molecule has 1 unspecified atom stereocenters. The Balaban J connectivity index is 1.96. The summed E-state index contributed by atoms with van der Waals surface area (Å²) in [5.41, 5.74) is 6.96. The molecule has 0 aliphatic carbocycles. The molecule has 2 heterocycles. The van der Waals surface area contributed by atoms with Gasteiger partial charge in [0.1, 0.15) is 17.3 Å². The number of amidine groups is 1. The fourth-order valence-corrected chi connectivity index (χ4v) is 3.89. The molecule has 0 radical (unpaired) electrons. The van der Waals surface area contributed by atoms with Crippen molar-refractivity contribution in [2.75, 3.05) is 46.8 Å². The third kappa shape index (κ3) is 4.20. The molecule has 0 bridgehead atoms. The van der Waals surface area contributed by atoms with E-state index in [-0.39, 0.29) is 0 Å². The minimum absolute atomic E-state index is 0.383. The highest BCUT2D eigenvalue weighted by molar-refractivity contribution is 7.99. The minimum atomic E-state index is -0.686. The molecule has 3 N–H and O–H groups in total. The number of ether oxygens (including phenoxy) is 3. The van der Waals surface area contributed by atoms with Crippen LogP contribution in [0.5, 0.6) is 11.5 Å². The first-order valence-electron chi connectivity index (χ1n) is 8.98. The SMILES string of the molecule is COc1ccc(CC2(SC)N=C(N3CCOCC3)C(C(N)=O)=CN2)c(OC)c1. The number of carbonyl (C=O) groups excluding carboxylic acids is 1. The van der Waals surface area contributed by atoms with Crippen LogP contribution in [0.2, 0.25) is 0 Å². The van der Waals surface area contributed by atoms with E-state index in [1.807, 2.05) is 24.5 Å². The topological polar surface area (TPSA) is 98.4 Å². The number of benzene rings is 1. The van der Waals surface area contributed by atoms with Crippen molar-refractivity contribution in [3.63, 3.8) is 0 Å². The van der Waals surface area contributed by atoms with E-state index < -0.39 is 10.9 Å². The summed E-state index contributed by atoms with van der Waals surface area (Å²) in [7, 11) is 3.25. The van der Waals surface area contributed by atoms with Crippen LogP contribution in [-0.4, -0.2) is 68.4 Å². The maximum Gasteiger partial charge on any atom is 0.253 e. The van der Waals surface area contributed by atoms with Crippen LogP contribution < -0.4 is 20.5 Å². The first-order valence-corrected chi connectivity index (χ1v) is 10.2. The lowest BCUT2D eigenvalue weighted by molar-refractivity contribution is -0.114. The summed E-state index contributed by atoms with van der Waals surface area (Å²) >= 11 is 1.56. The maximum atomic E-state index is 12.0. The highest BCUT2D eigenvalue weighted by Gasteiger charge is 2.36. The number of hydrogen-bond acceptors (Lipinski definition) is 8. The standard InChI is InChI=1S/C19H26N4O4S/c1-25-14-5-4-13(16(10-14)26-2)11-19(28-3)21-12-15(17(20)24)18(22-19)23-6-8-27-9-7-23/h4-5,10,12,21H,6-9,11H2,1-3H3,(H2,20,24). The number of nitrogens with two attached hydrogens (primary N) is 1. The fourth-order valence-electron chi connectivity index (χ4n) is 3.23. The van der Waals surface area contributed by atoms with Crippen molar-refractivity contribution in [3.8, 4) is 11.5 Å². The Labute approximate surface area is 169 Å². The Bertz CT molecular complexity index is 792. The molecule has 28 heavy (non-hydrogen) atoms. The summed E-state index contributed by atoms with van der Waals surface area (Å²) in [4.78, 5) is 18.3. The lowest BCUT2D eigenvalue weighted by Crippen LogP contribution is -2.51. The average Bonchev–Trinajstić information content (AvgIpc) is 2.74. The zero-order chi connectivity index (χ0) is 20.1. The van der Waals surface area contributed by atoms with E-state index in [0.29, 0.717) is 44.1 Å². The van der Waals surface area contributed by atoms with E-state index in [4.69, 9.17) is 24.9 Å². The number of methoxy groups -OCH3 is 2. The van der Waals surface area contributed by atoms with E-state index in [1.165, 1.54) is 0 Å². The Morgan fingerprint density at radius 2 is 2.11 bits per heavy atom. The van der Waals surface area contributed by atoms with Crippen LogP contribution in [0.25, 0.3) is 0 Å². The molecule has 1 fully saturated rings. The largest absolute Gasteiger partial charge is 0.497 e. The van der Waals surface area contributed by atoms with Gasteiger partial charge in [0, 0.05) is 31.8 Å². The zero-order valence-corrected chi connectivity index (χ0v) is 17.2. The first-order chi connectivity index (χ1) is 13.5. The number of hydrogen-bond donors (Lipinski definition) is 2. The minimum Gasteiger partial charge on any atom is -0.497 e. The second-order valence-electron chi connectivity index (χ2n) is 6.44. The Morgan fingerprint density at radius 1 is 1.36 bits per heavy atom. The molecule has 0 aromatic heterocycles. The van der Waals surface area contributed by atoms with Crippen LogP contribution in [0.1, 0.15) is 5.56 Å². The maximum absolute atomic E-state index is 12.0. The molecule has 2 aliphatic heterocycles. The molecule has 3 rings (SSSR count). The molecular weight excluding hydrogens is 380 g/mol. The average molecular weight is 407 g/mol. The Kier molecular flexibility index (Phi) is 6.35. The number of amides is 1. The van der Waals surface area contributed by atoms with Crippen molar-refractivity contribution in [2.45, 2.75) is 11.4 Å². The molecule has 8 nitrogen and oxygen atoms in total. The summed E-state index contributed by atoms with van der Waals surface area (Å²) in [6.45, 7) is 2.52. The van der Waals surface area contributed by atoms with Gasteiger partial charge in [-0.1, -0.05) is 6.07 Å². The quantitative estimate of drug-likeness (QED) is 0.726. The third-order valence-electron chi connectivity index (χ3n) is 4.81. The van der Waals surface area contributed by atoms with Gasteiger partial charge < -0.3 is 30.2 Å². The molecule has 1 saturated heterocycles. The lowest BCUT2D eigenvalue weighted by atomic mass is 10.1. The van der Waals surface area contributed by atoms with Crippen molar-refractivity contribution < 1.29 is 19.0 Å². The van der Waals surface area contributed by atoms with Gasteiger partial charge in [0.05, 0.1) is 33.0 Å². The van der Waals surface area contributed by atoms with Crippen molar-refractivity contribution in [1.82, 2.24) is 10.2 Å². The molecule has 1 atom stereocenters. The van der Waals surface area contributed by atoms with Crippen molar-refractivity contribution in [2.24, 2.45) is 10.7 Å². The van der Waals surface area contributed by atoms with Gasteiger partial charge in [0.25, 0.3) is 5.91 Å². The van der Waals surface area contributed by atoms with Gasteiger partial charge in [0.2, 0.25) is 0 Å². The molecule has 1 aromatic carbocycles. The molecule has 152 valence electrons. The normalized spacial score (nSPS) is 22.0. The van der Waals surface area contributed by atoms with Gasteiger partial charge >= 0.3 is 0 Å². The highest BCUT2D eigenvalue weighted by atomic mass is 32.2. The summed E-state index contributed by atoms with van der Waals surface area (Å²) < 4.78 is 16.3. The number of rotatable bonds is 6. The van der Waals surface area contributed by atoms with Gasteiger partial charge in [0.15, 0.2) is 4.99 Å². The van der Waals surface area contributed by atoms with Crippen LogP contribution in [-0.2, 0) is 16.0 Å². The third-order valence-corrected chi connectivity index (χ3v) is 5.84. The first kappa shape index (κ1) is 20.3. The van der Waals surface area contributed by atoms with Gasteiger partial charge in [-0.2, -0.15) is 0 Å². The molecular formula is C19H26N4O4S. The van der Waals surface area contributed by atoms with E-state index in [0.717, 1.165) is 17.1 Å². The number of thioether (sulfide) groups is 1. The van der Waals surface area contributed by atoms with Crippen molar-refractivity contribution in [1.29, 1.82) is 0 Å². The van der Waals surface area contributed by atoms with Crippen LogP contribution in [0.3, 0.4) is 0 Å². The number of nitrogens with zero attached hydrogens (tertiary/aromatic N) is 2. The predicted octanol–water partition coefficient (Wildman–Crippen LogP) is 0.966. The van der Waals surface area contributed by atoms with Crippen molar-refractivity contribution in [3.05, 3.63) is 35.5 Å².